The third-order valence-corrected chi connectivity index (χ3v) is 5.33. The van der Waals surface area contributed by atoms with Crippen molar-refractivity contribution in [1.82, 2.24) is 0 Å². The number of hydrogen-bond donors (Lipinski definition) is 1. The lowest BCUT2D eigenvalue weighted by atomic mass is 9.94. The molecule has 0 aromatic heterocycles. The van der Waals surface area contributed by atoms with Gasteiger partial charge >= 0.3 is 5.97 Å². The summed E-state index contributed by atoms with van der Waals surface area (Å²) in [6.07, 6.45) is 1.28. The number of fused-ring (bicyclic) bond motifs is 1. The van der Waals surface area contributed by atoms with Crippen LogP contribution in [0, 0.1) is 5.92 Å². The molecule has 140 valence electrons. The standard InChI is InChI=1S/C24H20O4/c1-28-19-5-2-4-17(13-19)20-6-3-7-21-22(20)14-18(23(21)25)12-15-8-10-16(11-9-15)24(26)27/h2-11,13,18H,12,14H2,1H3,(H,26,27). The summed E-state index contributed by atoms with van der Waals surface area (Å²) in [5.74, 6) is -0.132. The summed E-state index contributed by atoms with van der Waals surface area (Å²) in [4.78, 5) is 24.0. The first kappa shape index (κ1) is 18.0. The summed E-state index contributed by atoms with van der Waals surface area (Å²) in [5, 5.41) is 9.03. The number of carbonyl (C=O) groups excluding carboxylic acids is 1. The maximum Gasteiger partial charge on any atom is 0.335 e. The normalized spacial score (nSPS) is 15.3. The molecule has 4 rings (SSSR count). The van der Waals surface area contributed by atoms with Crippen molar-refractivity contribution in [3.8, 4) is 16.9 Å². The minimum absolute atomic E-state index is 0.127. The summed E-state index contributed by atoms with van der Waals surface area (Å²) in [7, 11) is 1.64. The van der Waals surface area contributed by atoms with E-state index in [1.807, 2.05) is 42.5 Å². The first-order valence-corrected chi connectivity index (χ1v) is 9.19. The largest absolute Gasteiger partial charge is 0.497 e. The molecule has 0 spiro atoms. The number of ketones is 1. The topological polar surface area (TPSA) is 63.6 Å². The van der Waals surface area contributed by atoms with Crippen LogP contribution in [-0.2, 0) is 12.8 Å². The highest BCUT2D eigenvalue weighted by atomic mass is 16.5. The van der Waals surface area contributed by atoms with Gasteiger partial charge in [0.05, 0.1) is 12.7 Å². The first-order chi connectivity index (χ1) is 13.6. The molecule has 0 saturated heterocycles. The van der Waals surface area contributed by atoms with E-state index in [0.29, 0.717) is 12.8 Å². The maximum absolute atomic E-state index is 13.0. The van der Waals surface area contributed by atoms with E-state index in [2.05, 4.69) is 0 Å². The van der Waals surface area contributed by atoms with E-state index in [0.717, 1.165) is 33.6 Å². The number of carboxylic acid groups (broad SMARTS) is 1. The van der Waals surface area contributed by atoms with E-state index >= 15 is 0 Å². The van der Waals surface area contributed by atoms with E-state index in [1.54, 1.807) is 31.4 Å². The number of methoxy groups -OCH3 is 1. The van der Waals surface area contributed by atoms with Crippen molar-refractivity contribution in [2.75, 3.05) is 7.11 Å². The van der Waals surface area contributed by atoms with Gasteiger partial charge in [-0.3, -0.25) is 4.79 Å². The van der Waals surface area contributed by atoms with E-state index in [9.17, 15) is 9.59 Å². The molecular weight excluding hydrogens is 352 g/mol. The number of hydrogen-bond acceptors (Lipinski definition) is 3. The zero-order valence-electron chi connectivity index (χ0n) is 15.5. The van der Waals surface area contributed by atoms with Crippen molar-refractivity contribution < 1.29 is 19.4 Å². The Morgan fingerprint density at radius 1 is 1.04 bits per heavy atom. The molecule has 0 saturated carbocycles. The summed E-state index contributed by atoms with van der Waals surface area (Å²) in [6.45, 7) is 0. The van der Waals surface area contributed by atoms with Crippen LogP contribution in [0.1, 0.15) is 31.8 Å². The second-order valence-electron chi connectivity index (χ2n) is 7.04. The van der Waals surface area contributed by atoms with Gasteiger partial charge < -0.3 is 9.84 Å². The highest BCUT2D eigenvalue weighted by molar-refractivity contribution is 6.04. The van der Waals surface area contributed by atoms with Gasteiger partial charge in [-0.15, -0.1) is 0 Å². The smallest absolute Gasteiger partial charge is 0.335 e. The molecule has 28 heavy (non-hydrogen) atoms. The summed E-state index contributed by atoms with van der Waals surface area (Å²) < 4.78 is 5.33. The van der Waals surface area contributed by atoms with Gasteiger partial charge in [-0.05, 0) is 59.4 Å². The third-order valence-electron chi connectivity index (χ3n) is 5.33. The Labute approximate surface area is 163 Å². The van der Waals surface area contributed by atoms with Gasteiger partial charge in [0.15, 0.2) is 5.78 Å². The predicted molar refractivity (Wildman–Crippen MR) is 107 cm³/mol. The van der Waals surface area contributed by atoms with Crippen molar-refractivity contribution >= 4 is 11.8 Å². The molecule has 1 atom stereocenters. The van der Waals surface area contributed by atoms with Crippen molar-refractivity contribution in [3.63, 3.8) is 0 Å². The van der Waals surface area contributed by atoms with Crippen LogP contribution in [0.3, 0.4) is 0 Å². The fourth-order valence-corrected chi connectivity index (χ4v) is 3.89. The Balaban J connectivity index is 1.62. The second-order valence-corrected chi connectivity index (χ2v) is 7.04. The first-order valence-electron chi connectivity index (χ1n) is 9.19. The lowest BCUT2D eigenvalue weighted by Crippen LogP contribution is -2.12. The zero-order valence-corrected chi connectivity index (χ0v) is 15.5. The summed E-state index contributed by atoms with van der Waals surface area (Å²) in [5.41, 5.74) is 5.19. The molecule has 0 bridgehead atoms. The van der Waals surface area contributed by atoms with Crippen LogP contribution < -0.4 is 4.74 Å². The Hall–Kier alpha value is -3.40. The van der Waals surface area contributed by atoms with Crippen molar-refractivity contribution in [2.24, 2.45) is 5.92 Å². The molecule has 4 heteroatoms. The van der Waals surface area contributed by atoms with E-state index in [4.69, 9.17) is 9.84 Å². The van der Waals surface area contributed by atoms with Crippen LogP contribution in [0.4, 0.5) is 0 Å². The van der Waals surface area contributed by atoms with Crippen molar-refractivity contribution in [3.05, 3.63) is 89.0 Å². The summed E-state index contributed by atoms with van der Waals surface area (Å²) in [6, 6.07) is 20.5. The highest BCUT2D eigenvalue weighted by Crippen LogP contribution is 2.37. The molecule has 0 fully saturated rings. The van der Waals surface area contributed by atoms with Gasteiger partial charge in [-0.25, -0.2) is 4.79 Å². The average molecular weight is 372 g/mol. The second kappa shape index (κ2) is 7.31. The number of aromatic carboxylic acids is 1. The number of Topliss-reactive ketones (excluding diaryl/α,β-unsaturated/α-hetero) is 1. The molecule has 0 heterocycles. The molecule has 3 aromatic carbocycles. The molecular formula is C24H20O4. The average Bonchev–Trinajstić information content (AvgIpc) is 3.04. The van der Waals surface area contributed by atoms with Crippen LogP contribution >= 0.6 is 0 Å². The Morgan fingerprint density at radius 2 is 1.75 bits per heavy atom. The monoisotopic (exact) mass is 372 g/mol. The van der Waals surface area contributed by atoms with Crippen LogP contribution in [-0.4, -0.2) is 24.0 Å². The SMILES string of the molecule is COc1cccc(-c2cccc3c2CC(Cc2ccc(C(=O)O)cc2)C3=O)c1. The van der Waals surface area contributed by atoms with Crippen molar-refractivity contribution in [1.29, 1.82) is 0 Å². The molecule has 0 radical (unpaired) electrons. The molecule has 0 amide bonds. The predicted octanol–water partition coefficient (Wildman–Crippen LogP) is 4.66. The van der Waals surface area contributed by atoms with Crippen LogP contribution in [0.25, 0.3) is 11.1 Å². The number of rotatable bonds is 5. The van der Waals surface area contributed by atoms with Gasteiger partial charge in [0.1, 0.15) is 5.75 Å². The van der Waals surface area contributed by atoms with Gasteiger partial charge in [0.2, 0.25) is 0 Å². The number of ether oxygens (including phenoxy) is 1. The Kier molecular flexibility index (Phi) is 4.70. The lowest BCUT2D eigenvalue weighted by molar-refractivity contribution is 0.0696. The van der Waals surface area contributed by atoms with Gasteiger partial charge in [0.25, 0.3) is 0 Å². The summed E-state index contributed by atoms with van der Waals surface area (Å²) >= 11 is 0. The number of carbonyl (C=O) groups is 2. The fraction of sp³-hybridized carbons (Fsp3) is 0.167. The molecule has 3 aromatic rings. The molecule has 1 unspecified atom stereocenters. The molecule has 1 aliphatic rings. The third kappa shape index (κ3) is 3.29. The number of carboxylic acids is 1. The Morgan fingerprint density at radius 3 is 2.46 bits per heavy atom. The molecule has 0 aliphatic heterocycles. The van der Waals surface area contributed by atoms with Crippen molar-refractivity contribution in [2.45, 2.75) is 12.8 Å². The van der Waals surface area contributed by atoms with Crippen LogP contribution in [0.2, 0.25) is 0 Å². The molecule has 1 N–H and O–H groups in total. The molecule has 4 nitrogen and oxygen atoms in total. The van der Waals surface area contributed by atoms with Gasteiger partial charge in [0, 0.05) is 11.5 Å². The van der Waals surface area contributed by atoms with Crippen LogP contribution in [0.15, 0.2) is 66.7 Å². The van der Waals surface area contributed by atoms with E-state index < -0.39 is 5.97 Å². The highest BCUT2D eigenvalue weighted by Gasteiger charge is 2.32. The quantitative estimate of drug-likeness (QED) is 0.708. The lowest BCUT2D eigenvalue weighted by Gasteiger charge is -2.10. The Bertz CT molecular complexity index is 1050. The fourth-order valence-electron chi connectivity index (χ4n) is 3.89. The maximum atomic E-state index is 13.0. The van der Waals surface area contributed by atoms with Crippen LogP contribution in [0.5, 0.6) is 5.75 Å². The van der Waals surface area contributed by atoms with Gasteiger partial charge in [-0.1, -0.05) is 42.5 Å². The van der Waals surface area contributed by atoms with E-state index in [1.165, 1.54) is 0 Å². The zero-order chi connectivity index (χ0) is 19.7. The number of benzene rings is 3. The van der Waals surface area contributed by atoms with Gasteiger partial charge in [-0.2, -0.15) is 0 Å². The minimum Gasteiger partial charge on any atom is -0.497 e. The van der Waals surface area contributed by atoms with E-state index in [-0.39, 0.29) is 17.3 Å². The molecule has 1 aliphatic carbocycles. The minimum atomic E-state index is -0.946.